The standard InChI is InChI=1S/C14H15BrN2O2/c15-13-7-12(5-4-10(13)9-16)17-6-2-1-3-11(17)8-14(18)19/h4-5,7,11H,1-3,6,8H2,(H,18,19). The van der Waals surface area contributed by atoms with E-state index in [0.717, 1.165) is 36.0 Å². The van der Waals surface area contributed by atoms with Gasteiger partial charge in [-0.2, -0.15) is 5.26 Å². The predicted molar refractivity (Wildman–Crippen MR) is 76.1 cm³/mol. The van der Waals surface area contributed by atoms with Gasteiger partial charge >= 0.3 is 5.97 Å². The van der Waals surface area contributed by atoms with Gasteiger partial charge < -0.3 is 10.0 Å². The molecule has 1 aromatic rings. The summed E-state index contributed by atoms with van der Waals surface area (Å²) in [5, 5.41) is 17.9. The molecule has 5 heteroatoms. The minimum absolute atomic E-state index is 0.0473. The Hall–Kier alpha value is -1.54. The fourth-order valence-corrected chi connectivity index (χ4v) is 2.98. The maximum atomic E-state index is 10.9. The zero-order chi connectivity index (χ0) is 13.8. The first-order valence-corrected chi connectivity index (χ1v) is 7.09. The Kier molecular flexibility index (Phi) is 4.43. The molecule has 1 heterocycles. The van der Waals surface area contributed by atoms with Gasteiger partial charge in [0, 0.05) is 22.7 Å². The SMILES string of the molecule is N#Cc1ccc(N2CCCCC2CC(=O)O)cc1Br. The number of anilines is 1. The summed E-state index contributed by atoms with van der Waals surface area (Å²) in [7, 11) is 0. The molecule has 1 aromatic carbocycles. The molecule has 1 aliphatic heterocycles. The first-order valence-electron chi connectivity index (χ1n) is 6.30. The number of carboxylic acids is 1. The number of piperidine rings is 1. The molecule has 2 rings (SSSR count). The summed E-state index contributed by atoms with van der Waals surface area (Å²) in [5.41, 5.74) is 1.58. The Morgan fingerprint density at radius 2 is 2.32 bits per heavy atom. The Morgan fingerprint density at radius 1 is 1.53 bits per heavy atom. The van der Waals surface area contributed by atoms with Gasteiger partial charge in [0.1, 0.15) is 6.07 Å². The first kappa shape index (κ1) is 13.9. The third-order valence-corrected chi connectivity index (χ3v) is 4.10. The van der Waals surface area contributed by atoms with Gasteiger partial charge in [0.05, 0.1) is 12.0 Å². The molecule has 1 N–H and O–H groups in total. The van der Waals surface area contributed by atoms with E-state index in [1.165, 1.54) is 0 Å². The number of hydrogen-bond acceptors (Lipinski definition) is 3. The molecule has 0 radical (unpaired) electrons. The van der Waals surface area contributed by atoms with Crippen LogP contribution in [0.3, 0.4) is 0 Å². The molecular formula is C14H15BrN2O2. The summed E-state index contributed by atoms with van der Waals surface area (Å²) < 4.78 is 0.757. The Bertz CT molecular complexity index is 525. The number of nitriles is 1. The molecule has 4 nitrogen and oxygen atoms in total. The van der Waals surface area contributed by atoms with E-state index in [1.807, 2.05) is 12.1 Å². The van der Waals surface area contributed by atoms with Crippen LogP contribution < -0.4 is 4.90 Å². The number of nitrogens with zero attached hydrogens (tertiary/aromatic N) is 2. The van der Waals surface area contributed by atoms with E-state index in [0.29, 0.717) is 5.56 Å². The second kappa shape index (κ2) is 6.07. The van der Waals surface area contributed by atoms with Crippen LogP contribution in [-0.4, -0.2) is 23.7 Å². The van der Waals surface area contributed by atoms with Crippen molar-refractivity contribution in [3.8, 4) is 6.07 Å². The van der Waals surface area contributed by atoms with Crippen molar-refractivity contribution in [1.29, 1.82) is 5.26 Å². The van der Waals surface area contributed by atoms with Crippen LogP contribution >= 0.6 is 15.9 Å². The number of hydrogen-bond donors (Lipinski definition) is 1. The molecule has 0 amide bonds. The minimum atomic E-state index is -0.760. The molecule has 1 fully saturated rings. The minimum Gasteiger partial charge on any atom is -0.481 e. The van der Waals surface area contributed by atoms with E-state index in [1.54, 1.807) is 6.07 Å². The van der Waals surface area contributed by atoms with Gasteiger partial charge in [-0.1, -0.05) is 0 Å². The van der Waals surface area contributed by atoms with E-state index in [-0.39, 0.29) is 12.5 Å². The topological polar surface area (TPSA) is 64.3 Å². The molecular weight excluding hydrogens is 308 g/mol. The Labute approximate surface area is 120 Å². The number of aliphatic carboxylic acids is 1. The average molecular weight is 323 g/mol. The lowest BCUT2D eigenvalue weighted by molar-refractivity contribution is -0.137. The van der Waals surface area contributed by atoms with Crippen LogP contribution in [0.25, 0.3) is 0 Å². The normalized spacial score (nSPS) is 18.9. The lowest BCUT2D eigenvalue weighted by Gasteiger charge is -2.37. The summed E-state index contributed by atoms with van der Waals surface area (Å²) in [5.74, 6) is -0.760. The highest BCUT2D eigenvalue weighted by atomic mass is 79.9. The summed E-state index contributed by atoms with van der Waals surface area (Å²) in [6.45, 7) is 0.871. The van der Waals surface area contributed by atoms with Gasteiger partial charge in [-0.15, -0.1) is 0 Å². The summed E-state index contributed by atoms with van der Waals surface area (Å²) >= 11 is 3.38. The maximum absolute atomic E-state index is 10.9. The van der Waals surface area contributed by atoms with Crippen LogP contribution in [0, 0.1) is 11.3 Å². The molecule has 0 saturated carbocycles. The second-order valence-electron chi connectivity index (χ2n) is 4.72. The van der Waals surface area contributed by atoms with E-state index < -0.39 is 5.97 Å². The fraction of sp³-hybridized carbons (Fsp3) is 0.429. The third kappa shape index (κ3) is 3.27. The molecule has 0 aliphatic carbocycles. The van der Waals surface area contributed by atoms with Crippen LogP contribution in [-0.2, 0) is 4.79 Å². The maximum Gasteiger partial charge on any atom is 0.305 e. The van der Waals surface area contributed by atoms with Crippen molar-refractivity contribution in [2.45, 2.75) is 31.7 Å². The molecule has 0 bridgehead atoms. The monoisotopic (exact) mass is 322 g/mol. The molecule has 19 heavy (non-hydrogen) atoms. The van der Waals surface area contributed by atoms with Crippen molar-refractivity contribution in [2.75, 3.05) is 11.4 Å². The zero-order valence-electron chi connectivity index (χ0n) is 10.5. The van der Waals surface area contributed by atoms with E-state index in [9.17, 15) is 4.79 Å². The van der Waals surface area contributed by atoms with Crippen molar-refractivity contribution < 1.29 is 9.90 Å². The number of halogens is 1. The van der Waals surface area contributed by atoms with Crippen molar-refractivity contribution in [2.24, 2.45) is 0 Å². The average Bonchev–Trinajstić information content (AvgIpc) is 2.38. The van der Waals surface area contributed by atoms with Gasteiger partial charge in [-0.25, -0.2) is 0 Å². The second-order valence-corrected chi connectivity index (χ2v) is 5.57. The molecule has 1 saturated heterocycles. The molecule has 0 spiro atoms. The highest BCUT2D eigenvalue weighted by Gasteiger charge is 2.25. The molecule has 1 atom stereocenters. The number of carboxylic acid groups (broad SMARTS) is 1. The van der Waals surface area contributed by atoms with Crippen LogP contribution in [0.4, 0.5) is 5.69 Å². The zero-order valence-corrected chi connectivity index (χ0v) is 12.1. The van der Waals surface area contributed by atoms with E-state index in [2.05, 4.69) is 26.9 Å². The van der Waals surface area contributed by atoms with Gasteiger partial charge in [-0.05, 0) is 53.4 Å². The molecule has 100 valence electrons. The quantitative estimate of drug-likeness (QED) is 0.928. The predicted octanol–water partition coefficient (Wildman–Crippen LogP) is 3.15. The molecule has 0 aromatic heterocycles. The van der Waals surface area contributed by atoms with Gasteiger partial charge in [0.25, 0.3) is 0 Å². The van der Waals surface area contributed by atoms with Crippen molar-refractivity contribution in [3.05, 3.63) is 28.2 Å². The van der Waals surface area contributed by atoms with Crippen molar-refractivity contribution >= 4 is 27.6 Å². The lowest BCUT2D eigenvalue weighted by Crippen LogP contribution is -2.40. The van der Waals surface area contributed by atoms with Gasteiger partial charge in [0.15, 0.2) is 0 Å². The molecule has 1 aliphatic rings. The summed E-state index contributed by atoms with van der Waals surface area (Å²) in [4.78, 5) is 13.1. The van der Waals surface area contributed by atoms with Crippen molar-refractivity contribution in [1.82, 2.24) is 0 Å². The van der Waals surface area contributed by atoms with Crippen LogP contribution in [0.1, 0.15) is 31.2 Å². The fourth-order valence-electron chi connectivity index (χ4n) is 2.53. The Morgan fingerprint density at radius 3 is 2.95 bits per heavy atom. The van der Waals surface area contributed by atoms with E-state index >= 15 is 0 Å². The van der Waals surface area contributed by atoms with Crippen molar-refractivity contribution in [3.63, 3.8) is 0 Å². The van der Waals surface area contributed by atoms with Crippen LogP contribution in [0.15, 0.2) is 22.7 Å². The highest BCUT2D eigenvalue weighted by Crippen LogP contribution is 2.30. The van der Waals surface area contributed by atoms with Gasteiger partial charge in [-0.3, -0.25) is 4.79 Å². The van der Waals surface area contributed by atoms with E-state index in [4.69, 9.17) is 10.4 Å². The van der Waals surface area contributed by atoms with Crippen LogP contribution in [0.5, 0.6) is 0 Å². The number of benzene rings is 1. The first-order chi connectivity index (χ1) is 9.11. The number of rotatable bonds is 3. The molecule has 1 unspecified atom stereocenters. The third-order valence-electron chi connectivity index (χ3n) is 3.44. The Balaban J connectivity index is 2.25. The van der Waals surface area contributed by atoms with Crippen LogP contribution in [0.2, 0.25) is 0 Å². The number of carbonyl (C=O) groups is 1. The lowest BCUT2D eigenvalue weighted by atomic mass is 9.98. The summed E-state index contributed by atoms with van der Waals surface area (Å²) in [6.07, 6.45) is 3.22. The summed E-state index contributed by atoms with van der Waals surface area (Å²) in [6, 6.07) is 7.72. The smallest absolute Gasteiger partial charge is 0.305 e. The highest BCUT2D eigenvalue weighted by molar-refractivity contribution is 9.10. The van der Waals surface area contributed by atoms with Gasteiger partial charge in [0.2, 0.25) is 0 Å². The largest absolute Gasteiger partial charge is 0.481 e.